The molecule has 2 rings (SSSR count). The molecule has 0 aliphatic carbocycles. The van der Waals surface area contributed by atoms with Crippen LogP contribution in [0.25, 0.3) is 0 Å². The number of aromatic nitrogens is 2. The molecule has 1 aromatic heterocycles. The van der Waals surface area contributed by atoms with Crippen molar-refractivity contribution in [3.8, 4) is 0 Å². The Kier molecular flexibility index (Phi) is 4.51. The number of rotatable bonds is 4. The first-order valence-electron chi connectivity index (χ1n) is 6.31. The number of carbonyl (C=O) groups is 1. The normalized spacial score (nSPS) is 19.2. The van der Waals surface area contributed by atoms with Crippen molar-refractivity contribution in [3.05, 3.63) is 18.1 Å². The number of urea groups is 1. The van der Waals surface area contributed by atoms with Crippen LogP contribution in [0.1, 0.15) is 18.7 Å². The van der Waals surface area contributed by atoms with Gasteiger partial charge in [-0.05, 0) is 18.9 Å². The molecule has 2 heterocycles. The van der Waals surface area contributed by atoms with E-state index < -0.39 is 0 Å². The topological polar surface area (TPSA) is 93.4 Å². The van der Waals surface area contributed by atoms with Crippen LogP contribution in [0.15, 0.2) is 12.3 Å². The predicted octanol–water partition coefficient (Wildman–Crippen LogP) is 0.578. The number of hydrogen-bond donors (Lipinski definition) is 2. The summed E-state index contributed by atoms with van der Waals surface area (Å²) in [5.41, 5.74) is 5.30. The van der Waals surface area contributed by atoms with Crippen molar-refractivity contribution in [2.24, 2.45) is 5.73 Å². The van der Waals surface area contributed by atoms with Crippen LogP contribution in [-0.4, -0.2) is 47.1 Å². The summed E-state index contributed by atoms with van der Waals surface area (Å²) in [6.07, 6.45) is 3.63. The molecule has 0 saturated carbocycles. The van der Waals surface area contributed by atoms with Gasteiger partial charge in [0.1, 0.15) is 12.4 Å². The second-order valence-corrected chi connectivity index (χ2v) is 4.56. The molecule has 0 spiro atoms. The molecule has 7 heteroatoms. The van der Waals surface area contributed by atoms with E-state index >= 15 is 0 Å². The molecule has 2 amide bonds. The highest BCUT2D eigenvalue weighted by atomic mass is 16.5. The summed E-state index contributed by atoms with van der Waals surface area (Å²) in [5.74, 6) is 1.38. The third-order valence-corrected chi connectivity index (χ3v) is 3.06. The average Bonchev–Trinajstić information content (AvgIpc) is 2.40. The van der Waals surface area contributed by atoms with Crippen molar-refractivity contribution < 1.29 is 9.53 Å². The zero-order valence-corrected chi connectivity index (χ0v) is 11.0. The molecule has 0 radical (unpaired) electrons. The molecule has 19 heavy (non-hydrogen) atoms. The van der Waals surface area contributed by atoms with Gasteiger partial charge < -0.3 is 20.7 Å². The first-order valence-corrected chi connectivity index (χ1v) is 6.31. The van der Waals surface area contributed by atoms with Crippen molar-refractivity contribution in [2.45, 2.75) is 25.5 Å². The van der Waals surface area contributed by atoms with Gasteiger partial charge in [-0.3, -0.25) is 0 Å². The van der Waals surface area contributed by atoms with Crippen LogP contribution >= 0.6 is 0 Å². The van der Waals surface area contributed by atoms with Crippen molar-refractivity contribution in [1.82, 2.24) is 14.9 Å². The maximum absolute atomic E-state index is 11.2. The van der Waals surface area contributed by atoms with E-state index in [4.69, 9.17) is 10.5 Å². The fourth-order valence-corrected chi connectivity index (χ4v) is 2.18. The Morgan fingerprint density at radius 2 is 2.53 bits per heavy atom. The highest BCUT2D eigenvalue weighted by molar-refractivity contribution is 5.72. The number of amides is 2. The van der Waals surface area contributed by atoms with Gasteiger partial charge in [-0.1, -0.05) is 0 Å². The molecular weight excluding hydrogens is 246 g/mol. The summed E-state index contributed by atoms with van der Waals surface area (Å²) in [6, 6.07) is 1.61. The summed E-state index contributed by atoms with van der Waals surface area (Å²) < 4.78 is 5.00. The number of ether oxygens (including phenoxy) is 1. The lowest BCUT2D eigenvalue weighted by Crippen LogP contribution is -2.47. The maximum atomic E-state index is 11.2. The second-order valence-electron chi connectivity index (χ2n) is 4.56. The highest BCUT2D eigenvalue weighted by Gasteiger charge is 2.22. The summed E-state index contributed by atoms with van der Waals surface area (Å²) in [6.45, 7) is 1.72. The molecule has 3 N–H and O–H groups in total. The second kappa shape index (κ2) is 6.33. The first-order chi connectivity index (χ1) is 9.19. The number of nitrogens with two attached hydrogens (primary N) is 1. The van der Waals surface area contributed by atoms with Gasteiger partial charge in [0, 0.05) is 32.4 Å². The minimum absolute atomic E-state index is 0.173. The number of nitrogens with zero attached hydrogens (tertiary/aromatic N) is 3. The van der Waals surface area contributed by atoms with Gasteiger partial charge in [-0.15, -0.1) is 0 Å². The minimum atomic E-state index is -0.366. The van der Waals surface area contributed by atoms with Crippen molar-refractivity contribution in [3.63, 3.8) is 0 Å². The Morgan fingerprint density at radius 1 is 1.68 bits per heavy atom. The Labute approximate surface area is 112 Å². The molecule has 1 aromatic rings. The van der Waals surface area contributed by atoms with Crippen LogP contribution in [0.2, 0.25) is 0 Å². The number of nitrogens with one attached hydrogen (secondary N) is 1. The molecule has 1 unspecified atom stereocenters. The van der Waals surface area contributed by atoms with E-state index in [1.54, 1.807) is 18.2 Å². The van der Waals surface area contributed by atoms with Gasteiger partial charge in [-0.2, -0.15) is 0 Å². The zero-order valence-electron chi connectivity index (χ0n) is 11.0. The Morgan fingerprint density at radius 3 is 3.26 bits per heavy atom. The summed E-state index contributed by atoms with van der Waals surface area (Å²) in [7, 11) is 1.61. The minimum Gasteiger partial charge on any atom is -0.377 e. The SMILES string of the molecule is COCc1nccc(NC2CCCN(C(N)=O)C2)n1. The lowest BCUT2D eigenvalue weighted by molar-refractivity contribution is 0.178. The van der Waals surface area contributed by atoms with E-state index in [2.05, 4.69) is 15.3 Å². The number of anilines is 1. The van der Waals surface area contributed by atoms with Crippen LogP contribution in [0.4, 0.5) is 10.6 Å². The van der Waals surface area contributed by atoms with Crippen LogP contribution < -0.4 is 11.1 Å². The summed E-state index contributed by atoms with van der Waals surface area (Å²) in [5, 5.41) is 3.31. The molecular formula is C12H19N5O2. The zero-order chi connectivity index (χ0) is 13.7. The van der Waals surface area contributed by atoms with Gasteiger partial charge in [0.05, 0.1) is 0 Å². The van der Waals surface area contributed by atoms with Crippen LogP contribution in [0.5, 0.6) is 0 Å². The highest BCUT2D eigenvalue weighted by Crippen LogP contribution is 2.14. The number of likely N-dealkylation sites (tertiary alicyclic amines) is 1. The van der Waals surface area contributed by atoms with E-state index in [-0.39, 0.29) is 12.1 Å². The lowest BCUT2D eigenvalue weighted by atomic mass is 10.1. The van der Waals surface area contributed by atoms with Crippen molar-refractivity contribution >= 4 is 11.8 Å². The van der Waals surface area contributed by atoms with Crippen LogP contribution in [0.3, 0.4) is 0 Å². The molecule has 7 nitrogen and oxygen atoms in total. The van der Waals surface area contributed by atoms with E-state index in [1.807, 2.05) is 6.07 Å². The third kappa shape index (κ3) is 3.78. The van der Waals surface area contributed by atoms with E-state index in [9.17, 15) is 4.79 Å². The quantitative estimate of drug-likeness (QED) is 0.830. The van der Waals surface area contributed by atoms with E-state index in [0.29, 0.717) is 19.0 Å². The molecule has 1 atom stereocenters. The molecule has 1 fully saturated rings. The molecule has 1 aliphatic heterocycles. The largest absolute Gasteiger partial charge is 0.377 e. The lowest BCUT2D eigenvalue weighted by Gasteiger charge is -2.32. The summed E-state index contributed by atoms with van der Waals surface area (Å²) >= 11 is 0. The fourth-order valence-electron chi connectivity index (χ4n) is 2.18. The van der Waals surface area contributed by atoms with Crippen molar-refractivity contribution in [1.29, 1.82) is 0 Å². The van der Waals surface area contributed by atoms with Gasteiger partial charge in [0.15, 0.2) is 5.82 Å². The number of methoxy groups -OCH3 is 1. The molecule has 0 aromatic carbocycles. The maximum Gasteiger partial charge on any atom is 0.314 e. The predicted molar refractivity (Wildman–Crippen MR) is 70.5 cm³/mol. The number of primary amides is 1. The number of hydrogen-bond acceptors (Lipinski definition) is 5. The van der Waals surface area contributed by atoms with Gasteiger partial charge in [0.25, 0.3) is 0 Å². The Hall–Kier alpha value is -1.89. The smallest absolute Gasteiger partial charge is 0.314 e. The van der Waals surface area contributed by atoms with Gasteiger partial charge >= 0.3 is 6.03 Å². The van der Waals surface area contributed by atoms with Gasteiger partial charge in [0.2, 0.25) is 0 Å². The van der Waals surface area contributed by atoms with Crippen molar-refractivity contribution in [2.75, 3.05) is 25.5 Å². The molecule has 0 bridgehead atoms. The fraction of sp³-hybridized carbons (Fsp3) is 0.583. The molecule has 1 aliphatic rings. The standard InChI is InChI=1S/C12H19N5O2/c1-19-8-11-14-5-4-10(16-11)15-9-3-2-6-17(7-9)12(13)18/h4-5,9H,2-3,6-8H2,1H3,(H2,13,18)(H,14,15,16). The first kappa shape index (κ1) is 13.5. The Bertz CT molecular complexity index is 440. The molecule has 1 saturated heterocycles. The average molecular weight is 265 g/mol. The Balaban J connectivity index is 1.96. The monoisotopic (exact) mass is 265 g/mol. The molecule has 104 valence electrons. The van der Waals surface area contributed by atoms with Gasteiger partial charge in [-0.25, -0.2) is 14.8 Å². The summed E-state index contributed by atoms with van der Waals surface area (Å²) in [4.78, 5) is 21.3. The van der Waals surface area contributed by atoms with E-state index in [1.165, 1.54) is 0 Å². The van der Waals surface area contributed by atoms with E-state index in [0.717, 1.165) is 25.2 Å². The number of carbonyl (C=O) groups excluding carboxylic acids is 1. The van der Waals surface area contributed by atoms with Crippen LogP contribution in [0, 0.1) is 0 Å². The van der Waals surface area contributed by atoms with Crippen LogP contribution in [-0.2, 0) is 11.3 Å². The third-order valence-electron chi connectivity index (χ3n) is 3.06. The number of piperidine rings is 1.